The summed E-state index contributed by atoms with van der Waals surface area (Å²) in [4.78, 5) is 13.6. The molecular formula is C11H10BrF2NO. The molecule has 1 saturated heterocycles. The van der Waals surface area contributed by atoms with E-state index in [-0.39, 0.29) is 10.4 Å². The van der Waals surface area contributed by atoms with Crippen molar-refractivity contribution in [2.45, 2.75) is 11.2 Å². The molecule has 0 radical (unpaired) electrons. The van der Waals surface area contributed by atoms with E-state index < -0.39 is 17.5 Å². The van der Waals surface area contributed by atoms with Crippen LogP contribution in [-0.2, 0) is 0 Å². The van der Waals surface area contributed by atoms with Crippen molar-refractivity contribution in [3.63, 3.8) is 0 Å². The number of benzene rings is 1. The molecule has 5 heteroatoms. The van der Waals surface area contributed by atoms with E-state index in [0.29, 0.717) is 13.1 Å². The number of likely N-dealkylation sites (tertiary alicyclic amines) is 1. The van der Waals surface area contributed by atoms with Crippen LogP contribution in [-0.4, -0.2) is 28.7 Å². The minimum absolute atomic E-state index is 0.193. The molecule has 1 aliphatic heterocycles. The summed E-state index contributed by atoms with van der Waals surface area (Å²) in [5, 5.41) is 0. The maximum absolute atomic E-state index is 13.3. The highest BCUT2D eigenvalue weighted by atomic mass is 79.9. The van der Waals surface area contributed by atoms with Crippen molar-refractivity contribution in [3.05, 3.63) is 35.4 Å². The molecule has 0 N–H and O–H groups in total. The van der Waals surface area contributed by atoms with Gasteiger partial charge in [0.05, 0.1) is 5.56 Å². The summed E-state index contributed by atoms with van der Waals surface area (Å²) in [7, 11) is 0. The Balaban J connectivity index is 2.23. The Kier molecular flexibility index (Phi) is 3.23. The lowest BCUT2D eigenvalue weighted by Gasteiger charge is -2.15. The van der Waals surface area contributed by atoms with Gasteiger partial charge in [0, 0.05) is 17.9 Å². The van der Waals surface area contributed by atoms with Crippen LogP contribution in [0.4, 0.5) is 8.78 Å². The van der Waals surface area contributed by atoms with Crippen molar-refractivity contribution in [2.24, 2.45) is 0 Å². The lowest BCUT2D eigenvalue weighted by molar-refractivity contribution is 0.0788. The molecule has 0 aromatic heterocycles. The Morgan fingerprint density at radius 1 is 1.44 bits per heavy atom. The fraction of sp³-hybridized carbons (Fsp3) is 0.364. The molecule has 1 amide bonds. The molecule has 0 saturated carbocycles. The topological polar surface area (TPSA) is 20.3 Å². The van der Waals surface area contributed by atoms with Gasteiger partial charge >= 0.3 is 0 Å². The van der Waals surface area contributed by atoms with Gasteiger partial charge < -0.3 is 4.90 Å². The summed E-state index contributed by atoms with van der Waals surface area (Å²) in [5.74, 6) is -1.72. The molecular weight excluding hydrogens is 280 g/mol. The van der Waals surface area contributed by atoms with Gasteiger partial charge in [0.25, 0.3) is 5.91 Å². The summed E-state index contributed by atoms with van der Waals surface area (Å²) < 4.78 is 26.3. The van der Waals surface area contributed by atoms with Crippen LogP contribution >= 0.6 is 15.9 Å². The standard InChI is InChI=1S/C11H10BrF2NO/c12-7-3-4-15(6-7)11(16)9-5-8(13)1-2-10(9)14/h1-2,5,7H,3-4,6H2. The van der Waals surface area contributed by atoms with Crippen LogP contribution in [0.15, 0.2) is 18.2 Å². The van der Waals surface area contributed by atoms with Gasteiger partial charge in [-0.05, 0) is 24.6 Å². The third-order valence-corrected chi connectivity index (χ3v) is 3.32. The highest BCUT2D eigenvalue weighted by Crippen LogP contribution is 2.20. The Labute approximate surface area is 100 Å². The van der Waals surface area contributed by atoms with Crippen LogP contribution < -0.4 is 0 Å². The van der Waals surface area contributed by atoms with Crippen molar-refractivity contribution in [1.82, 2.24) is 4.90 Å². The van der Waals surface area contributed by atoms with Crippen LogP contribution in [0, 0.1) is 11.6 Å². The Morgan fingerprint density at radius 2 is 2.19 bits per heavy atom. The fourth-order valence-corrected chi connectivity index (χ4v) is 2.29. The van der Waals surface area contributed by atoms with E-state index in [4.69, 9.17) is 0 Å². The number of alkyl halides is 1. The maximum Gasteiger partial charge on any atom is 0.256 e. The first-order valence-electron chi connectivity index (χ1n) is 4.96. The van der Waals surface area contributed by atoms with Gasteiger partial charge in [-0.3, -0.25) is 4.79 Å². The number of carbonyl (C=O) groups is 1. The first kappa shape index (κ1) is 11.5. The van der Waals surface area contributed by atoms with Gasteiger partial charge in [-0.2, -0.15) is 0 Å². The van der Waals surface area contributed by atoms with E-state index in [0.717, 1.165) is 24.6 Å². The summed E-state index contributed by atoms with van der Waals surface area (Å²) in [6, 6.07) is 2.92. The van der Waals surface area contributed by atoms with Crippen LogP contribution in [0.25, 0.3) is 0 Å². The number of hydrogen-bond donors (Lipinski definition) is 0. The Hall–Kier alpha value is -0.970. The molecule has 1 heterocycles. The monoisotopic (exact) mass is 289 g/mol. The predicted octanol–water partition coefficient (Wildman–Crippen LogP) is 2.57. The third kappa shape index (κ3) is 2.24. The molecule has 1 unspecified atom stereocenters. The number of amides is 1. The van der Waals surface area contributed by atoms with Gasteiger partial charge in [0.2, 0.25) is 0 Å². The van der Waals surface area contributed by atoms with Gasteiger partial charge in [0.1, 0.15) is 11.6 Å². The summed E-state index contributed by atoms with van der Waals surface area (Å²) in [6.45, 7) is 1.11. The zero-order valence-electron chi connectivity index (χ0n) is 8.42. The minimum atomic E-state index is -0.676. The molecule has 1 aromatic carbocycles. The molecule has 1 aliphatic rings. The second kappa shape index (κ2) is 4.49. The summed E-state index contributed by atoms with van der Waals surface area (Å²) in [5.41, 5.74) is -0.193. The van der Waals surface area contributed by atoms with Crippen LogP contribution in [0.1, 0.15) is 16.8 Å². The molecule has 2 rings (SSSR count). The normalized spacial score (nSPS) is 20.2. The Bertz CT molecular complexity index is 424. The van der Waals surface area contributed by atoms with Crippen LogP contribution in [0.5, 0.6) is 0 Å². The molecule has 1 aromatic rings. The van der Waals surface area contributed by atoms with Crippen molar-refractivity contribution in [2.75, 3.05) is 13.1 Å². The largest absolute Gasteiger partial charge is 0.337 e. The predicted molar refractivity (Wildman–Crippen MR) is 59.6 cm³/mol. The lowest BCUT2D eigenvalue weighted by Crippen LogP contribution is -2.29. The van der Waals surface area contributed by atoms with Crippen molar-refractivity contribution in [1.29, 1.82) is 0 Å². The number of nitrogens with zero attached hydrogens (tertiary/aromatic N) is 1. The lowest BCUT2D eigenvalue weighted by atomic mass is 10.2. The quantitative estimate of drug-likeness (QED) is 0.728. The SMILES string of the molecule is O=C(c1cc(F)ccc1F)N1CCC(Br)C1. The van der Waals surface area contributed by atoms with E-state index in [1.807, 2.05) is 0 Å². The minimum Gasteiger partial charge on any atom is -0.337 e. The van der Waals surface area contributed by atoms with Gasteiger partial charge in [0.15, 0.2) is 0 Å². The van der Waals surface area contributed by atoms with E-state index in [9.17, 15) is 13.6 Å². The highest BCUT2D eigenvalue weighted by Gasteiger charge is 2.26. The van der Waals surface area contributed by atoms with Gasteiger partial charge in [-0.1, -0.05) is 15.9 Å². The van der Waals surface area contributed by atoms with E-state index in [2.05, 4.69) is 15.9 Å². The molecule has 0 aliphatic carbocycles. The number of halogens is 3. The maximum atomic E-state index is 13.3. The first-order chi connectivity index (χ1) is 7.58. The van der Waals surface area contributed by atoms with Crippen molar-refractivity contribution >= 4 is 21.8 Å². The van der Waals surface area contributed by atoms with Gasteiger partial charge in [-0.15, -0.1) is 0 Å². The summed E-state index contributed by atoms with van der Waals surface area (Å²) in [6.07, 6.45) is 0.836. The van der Waals surface area contributed by atoms with Gasteiger partial charge in [-0.25, -0.2) is 8.78 Å². The van der Waals surface area contributed by atoms with E-state index in [1.54, 1.807) is 0 Å². The molecule has 16 heavy (non-hydrogen) atoms. The molecule has 0 bridgehead atoms. The first-order valence-corrected chi connectivity index (χ1v) is 5.88. The fourth-order valence-electron chi connectivity index (χ4n) is 1.73. The zero-order valence-corrected chi connectivity index (χ0v) is 10.0. The average Bonchev–Trinajstić information content (AvgIpc) is 2.67. The second-order valence-electron chi connectivity index (χ2n) is 3.76. The van der Waals surface area contributed by atoms with E-state index >= 15 is 0 Å². The van der Waals surface area contributed by atoms with E-state index in [1.165, 1.54) is 4.90 Å². The van der Waals surface area contributed by atoms with Crippen molar-refractivity contribution in [3.8, 4) is 0 Å². The third-order valence-electron chi connectivity index (χ3n) is 2.58. The molecule has 1 fully saturated rings. The molecule has 2 nitrogen and oxygen atoms in total. The molecule has 86 valence electrons. The van der Waals surface area contributed by atoms with Crippen LogP contribution in [0.3, 0.4) is 0 Å². The Morgan fingerprint density at radius 3 is 2.81 bits per heavy atom. The zero-order chi connectivity index (χ0) is 11.7. The highest BCUT2D eigenvalue weighted by molar-refractivity contribution is 9.09. The number of rotatable bonds is 1. The smallest absolute Gasteiger partial charge is 0.256 e. The second-order valence-corrected chi connectivity index (χ2v) is 5.06. The summed E-state index contributed by atoms with van der Waals surface area (Å²) >= 11 is 3.39. The number of hydrogen-bond acceptors (Lipinski definition) is 1. The molecule has 1 atom stereocenters. The average molecular weight is 290 g/mol. The molecule has 0 spiro atoms. The van der Waals surface area contributed by atoms with Crippen LogP contribution in [0.2, 0.25) is 0 Å². The van der Waals surface area contributed by atoms with Crippen molar-refractivity contribution < 1.29 is 13.6 Å². The number of carbonyl (C=O) groups excluding carboxylic acids is 1.